The summed E-state index contributed by atoms with van der Waals surface area (Å²) < 4.78 is 22.6. The molecule has 2 aromatic carbocycles. The summed E-state index contributed by atoms with van der Waals surface area (Å²) in [5.41, 5.74) is 0.285. The number of hydrogen-bond acceptors (Lipinski definition) is 6. The molecule has 4 rings (SSSR count). The van der Waals surface area contributed by atoms with Gasteiger partial charge in [0.2, 0.25) is 0 Å². The van der Waals surface area contributed by atoms with E-state index in [1.165, 1.54) is 4.57 Å². The number of aromatic nitrogens is 2. The van der Waals surface area contributed by atoms with E-state index in [-0.39, 0.29) is 27.3 Å². The lowest BCUT2D eigenvalue weighted by Gasteiger charge is -2.40. The molecule has 1 fully saturated rings. The maximum atomic E-state index is 14.4. The second-order valence-corrected chi connectivity index (χ2v) is 24.7. The van der Waals surface area contributed by atoms with Crippen LogP contribution in [0.3, 0.4) is 0 Å². The Morgan fingerprint density at radius 1 is 0.867 bits per heavy atom. The quantitative estimate of drug-likeness (QED) is 0.237. The molecule has 1 aromatic heterocycles. The standard InChI is InChI=1S/C35H50N2O6Si2/c1-24-30(25-18-14-12-15-19-25)36(33(40)37(31(24)38)32(39)26-20-16-13-17-21-26)29-22-27(43-45(10,11)35(5,6)7)28(42-29)23-41-44(8,9)34(2,3)4/h12-21,27-29H,22-23H2,1-11H3/t27-,28+,29+/m0/s1. The number of ether oxygens (including phenoxy) is 1. The van der Waals surface area contributed by atoms with Gasteiger partial charge < -0.3 is 13.6 Å². The van der Waals surface area contributed by atoms with Crippen LogP contribution in [0, 0.1) is 6.92 Å². The third-order valence-electron chi connectivity index (χ3n) is 9.92. The van der Waals surface area contributed by atoms with Crippen molar-refractivity contribution >= 4 is 22.5 Å². The minimum atomic E-state index is -2.26. The van der Waals surface area contributed by atoms with E-state index >= 15 is 0 Å². The zero-order valence-electron chi connectivity index (χ0n) is 28.8. The molecule has 0 amide bonds. The topological polar surface area (TPSA) is 88.8 Å². The number of carbonyl (C=O) groups is 1. The summed E-state index contributed by atoms with van der Waals surface area (Å²) in [6.07, 6.45) is -1.21. The van der Waals surface area contributed by atoms with E-state index < -0.39 is 46.1 Å². The van der Waals surface area contributed by atoms with Crippen molar-refractivity contribution < 1.29 is 18.4 Å². The molecular weight excluding hydrogens is 601 g/mol. The highest BCUT2D eigenvalue weighted by atomic mass is 28.4. The molecule has 3 aromatic rings. The van der Waals surface area contributed by atoms with Crippen LogP contribution in [-0.2, 0) is 13.6 Å². The van der Waals surface area contributed by atoms with Crippen molar-refractivity contribution in [1.82, 2.24) is 9.13 Å². The first-order chi connectivity index (χ1) is 20.8. The van der Waals surface area contributed by atoms with Crippen LogP contribution in [0.1, 0.15) is 70.1 Å². The average Bonchev–Trinajstić information content (AvgIpc) is 3.34. The normalized spacial score (nSPS) is 19.6. The molecule has 0 radical (unpaired) electrons. The summed E-state index contributed by atoms with van der Waals surface area (Å²) in [6, 6.07) is 17.7. The first-order valence-corrected chi connectivity index (χ1v) is 21.6. The van der Waals surface area contributed by atoms with Gasteiger partial charge in [0.1, 0.15) is 12.3 Å². The van der Waals surface area contributed by atoms with Crippen LogP contribution in [0.15, 0.2) is 70.3 Å². The Labute approximate surface area is 269 Å². The minimum Gasteiger partial charge on any atom is -0.414 e. The van der Waals surface area contributed by atoms with Crippen molar-refractivity contribution in [3.05, 3.63) is 92.6 Å². The molecule has 244 valence electrons. The van der Waals surface area contributed by atoms with Gasteiger partial charge in [0.15, 0.2) is 16.6 Å². The summed E-state index contributed by atoms with van der Waals surface area (Å²) >= 11 is 0. The zero-order valence-corrected chi connectivity index (χ0v) is 30.8. The van der Waals surface area contributed by atoms with E-state index in [0.717, 1.165) is 4.57 Å². The first kappa shape index (κ1) is 35.0. The Morgan fingerprint density at radius 3 is 1.93 bits per heavy atom. The Bertz CT molecular complexity index is 1630. The van der Waals surface area contributed by atoms with E-state index in [9.17, 15) is 14.4 Å². The molecule has 1 saturated heterocycles. The van der Waals surface area contributed by atoms with Gasteiger partial charge in [0, 0.05) is 17.5 Å². The molecule has 45 heavy (non-hydrogen) atoms. The molecule has 0 N–H and O–H groups in total. The summed E-state index contributed by atoms with van der Waals surface area (Å²) in [5.74, 6) is -0.674. The molecule has 8 nitrogen and oxygen atoms in total. The van der Waals surface area contributed by atoms with E-state index in [1.54, 1.807) is 37.3 Å². The highest BCUT2D eigenvalue weighted by Crippen LogP contribution is 2.43. The molecule has 3 atom stereocenters. The fourth-order valence-corrected chi connectivity index (χ4v) is 7.41. The van der Waals surface area contributed by atoms with Gasteiger partial charge in [-0.2, -0.15) is 4.57 Å². The molecule has 0 unspecified atom stereocenters. The summed E-state index contributed by atoms with van der Waals surface area (Å²) in [4.78, 5) is 41.8. The second-order valence-electron chi connectivity index (χ2n) is 15.2. The maximum absolute atomic E-state index is 14.4. The van der Waals surface area contributed by atoms with Gasteiger partial charge in [-0.05, 0) is 60.9 Å². The Kier molecular flexibility index (Phi) is 9.88. The lowest BCUT2D eigenvalue weighted by molar-refractivity contribution is -0.0409. The smallest absolute Gasteiger partial charge is 0.340 e. The van der Waals surface area contributed by atoms with Crippen molar-refractivity contribution in [3.8, 4) is 11.3 Å². The van der Waals surface area contributed by atoms with Crippen molar-refractivity contribution in [2.24, 2.45) is 0 Å². The molecule has 1 aliphatic rings. The Balaban J connectivity index is 1.88. The van der Waals surface area contributed by atoms with Gasteiger partial charge in [-0.25, -0.2) is 4.79 Å². The van der Waals surface area contributed by atoms with Crippen LogP contribution < -0.4 is 11.2 Å². The number of rotatable bonds is 8. The van der Waals surface area contributed by atoms with Gasteiger partial charge in [-0.1, -0.05) is 90.1 Å². The fraction of sp³-hybridized carbons (Fsp3) is 0.514. The van der Waals surface area contributed by atoms with Gasteiger partial charge in [0.05, 0.1) is 18.4 Å². The lowest BCUT2D eigenvalue weighted by atomic mass is 10.1. The van der Waals surface area contributed by atoms with E-state index in [4.69, 9.17) is 13.6 Å². The molecule has 0 aliphatic carbocycles. The van der Waals surface area contributed by atoms with E-state index in [1.807, 2.05) is 30.3 Å². The van der Waals surface area contributed by atoms with Crippen molar-refractivity contribution in [1.29, 1.82) is 0 Å². The van der Waals surface area contributed by atoms with Crippen LogP contribution in [0.5, 0.6) is 0 Å². The van der Waals surface area contributed by atoms with Gasteiger partial charge in [0.25, 0.3) is 11.5 Å². The highest BCUT2D eigenvalue weighted by molar-refractivity contribution is 6.74. The molecule has 1 aliphatic heterocycles. The summed E-state index contributed by atoms with van der Waals surface area (Å²) in [6.45, 7) is 24.0. The third kappa shape index (κ3) is 7.10. The molecular formula is C35H50N2O6Si2. The van der Waals surface area contributed by atoms with E-state index in [0.29, 0.717) is 24.3 Å². The summed E-state index contributed by atoms with van der Waals surface area (Å²) in [7, 11) is -4.39. The summed E-state index contributed by atoms with van der Waals surface area (Å²) in [5, 5.41) is -0.0451. The van der Waals surface area contributed by atoms with Gasteiger partial charge in [-0.15, -0.1) is 0 Å². The van der Waals surface area contributed by atoms with Crippen LogP contribution in [-0.4, -0.2) is 50.5 Å². The first-order valence-electron chi connectivity index (χ1n) is 15.8. The number of benzene rings is 2. The van der Waals surface area contributed by atoms with Crippen LogP contribution in [0.4, 0.5) is 0 Å². The van der Waals surface area contributed by atoms with Crippen LogP contribution in [0.25, 0.3) is 11.3 Å². The Morgan fingerprint density at radius 2 is 1.40 bits per heavy atom. The SMILES string of the molecule is Cc1c(-c2ccccc2)n([C@H]2C[C@H](O[Si](C)(C)C(C)(C)C)[C@@H](CO[Si](C)(C)C(C)(C)C)O2)c(=O)n(C(=O)c2ccccc2)c1=O. The van der Waals surface area contributed by atoms with Crippen molar-refractivity contribution in [2.75, 3.05) is 6.61 Å². The predicted molar refractivity (Wildman–Crippen MR) is 185 cm³/mol. The largest absolute Gasteiger partial charge is 0.414 e. The Hall–Kier alpha value is -2.90. The third-order valence-corrected chi connectivity index (χ3v) is 18.9. The second kappa shape index (κ2) is 12.7. The molecule has 10 heteroatoms. The van der Waals surface area contributed by atoms with Crippen LogP contribution >= 0.6 is 0 Å². The number of carbonyl (C=O) groups excluding carboxylic acids is 1. The van der Waals surface area contributed by atoms with Gasteiger partial charge >= 0.3 is 5.69 Å². The lowest BCUT2D eigenvalue weighted by Crippen LogP contribution is -2.48. The molecule has 0 bridgehead atoms. The number of nitrogens with zero attached hydrogens (tertiary/aromatic N) is 2. The maximum Gasteiger partial charge on any atom is 0.340 e. The molecule has 2 heterocycles. The zero-order chi connectivity index (χ0) is 33.5. The number of hydrogen-bond donors (Lipinski definition) is 0. The van der Waals surface area contributed by atoms with E-state index in [2.05, 4.69) is 67.7 Å². The van der Waals surface area contributed by atoms with Crippen molar-refractivity contribution in [3.63, 3.8) is 0 Å². The fourth-order valence-electron chi connectivity index (χ4n) is 5.04. The van der Waals surface area contributed by atoms with Crippen molar-refractivity contribution in [2.45, 2.75) is 110 Å². The molecule has 0 saturated carbocycles. The van der Waals surface area contributed by atoms with Crippen LogP contribution in [0.2, 0.25) is 36.3 Å². The highest BCUT2D eigenvalue weighted by Gasteiger charge is 2.47. The molecule has 0 spiro atoms. The minimum absolute atomic E-state index is 0.00260. The monoisotopic (exact) mass is 650 g/mol. The average molecular weight is 651 g/mol. The predicted octanol–water partition coefficient (Wildman–Crippen LogP) is 7.37. The van der Waals surface area contributed by atoms with Gasteiger partial charge in [-0.3, -0.25) is 14.2 Å².